The second-order valence-corrected chi connectivity index (χ2v) is 6.06. The topological polar surface area (TPSA) is 45.2 Å². The average Bonchev–Trinajstić information content (AvgIpc) is 3.09. The Bertz CT molecular complexity index is 673. The van der Waals surface area contributed by atoms with E-state index in [-0.39, 0.29) is 11.9 Å². The number of benzene rings is 1. The largest absolute Gasteiger partial charge is 0.346 e. The van der Waals surface area contributed by atoms with Gasteiger partial charge in [-0.15, -0.1) is 11.3 Å². The molecule has 1 fully saturated rings. The van der Waals surface area contributed by atoms with E-state index in [4.69, 9.17) is 0 Å². The summed E-state index contributed by atoms with van der Waals surface area (Å²) in [6.45, 7) is 1.79. The second kappa shape index (κ2) is 7.10. The molecule has 1 aromatic carbocycles. The number of aromatic nitrogens is 1. The van der Waals surface area contributed by atoms with Gasteiger partial charge in [0.15, 0.2) is 5.13 Å². The van der Waals surface area contributed by atoms with Gasteiger partial charge in [0.2, 0.25) is 0 Å². The molecular weight excluding hydrogens is 294 g/mol. The molecule has 0 aliphatic carbocycles. The zero-order chi connectivity index (χ0) is 15.2. The number of carbonyl (C=O) groups excluding carboxylic acids is 1. The number of thiazole rings is 1. The van der Waals surface area contributed by atoms with Crippen molar-refractivity contribution in [2.75, 3.05) is 18.0 Å². The minimum absolute atomic E-state index is 0.134. The number of amides is 1. The first-order valence-electron chi connectivity index (χ1n) is 7.33. The Morgan fingerprint density at radius 3 is 3.00 bits per heavy atom. The van der Waals surface area contributed by atoms with Crippen LogP contribution in [0, 0.1) is 11.8 Å². The zero-order valence-corrected chi connectivity index (χ0v) is 13.0. The quantitative estimate of drug-likeness (QED) is 0.866. The molecule has 1 saturated heterocycles. The number of carbonyl (C=O) groups is 1. The van der Waals surface area contributed by atoms with Crippen LogP contribution in [0.2, 0.25) is 0 Å². The van der Waals surface area contributed by atoms with Crippen molar-refractivity contribution in [2.45, 2.75) is 18.9 Å². The van der Waals surface area contributed by atoms with Crippen LogP contribution in [-0.2, 0) is 4.79 Å². The molecule has 1 unspecified atom stereocenters. The number of hydrogen-bond donors (Lipinski definition) is 1. The normalized spacial score (nSPS) is 17.5. The van der Waals surface area contributed by atoms with E-state index in [1.807, 2.05) is 41.9 Å². The predicted molar refractivity (Wildman–Crippen MR) is 88.8 cm³/mol. The maximum absolute atomic E-state index is 12.0. The Morgan fingerprint density at radius 1 is 1.36 bits per heavy atom. The Kier molecular flexibility index (Phi) is 4.71. The van der Waals surface area contributed by atoms with Gasteiger partial charge in [0.25, 0.3) is 5.91 Å². The highest BCUT2D eigenvalue weighted by Crippen LogP contribution is 2.21. The molecule has 112 valence electrons. The van der Waals surface area contributed by atoms with E-state index in [9.17, 15) is 4.79 Å². The van der Waals surface area contributed by atoms with Gasteiger partial charge in [0, 0.05) is 42.2 Å². The van der Waals surface area contributed by atoms with Crippen molar-refractivity contribution < 1.29 is 4.79 Å². The highest BCUT2D eigenvalue weighted by molar-refractivity contribution is 7.13. The third-order valence-electron chi connectivity index (χ3n) is 3.54. The molecule has 2 heterocycles. The lowest BCUT2D eigenvalue weighted by atomic mass is 10.1. The van der Waals surface area contributed by atoms with Gasteiger partial charge < -0.3 is 10.2 Å². The Morgan fingerprint density at radius 2 is 2.23 bits per heavy atom. The van der Waals surface area contributed by atoms with Crippen molar-refractivity contribution in [1.82, 2.24) is 10.3 Å². The summed E-state index contributed by atoms with van der Waals surface area (Å²) < 4.78 is 0. The summed E-state index contributed by atoms with van der Waals surface area (Å²) in [5, 5.41) is 6.00. The van der Waals surface area contributed by atoms with Crippen LogP contribution in [0.3, 0.4) is 0 Å². The molecule has 3 rings (SSSR count). The number of nitrogens with zero attached hydrogens (tertiary/aromatic N) is 2. The van der Waals surface area contributed by atoms with Crippen LogP contribution in [-0.4, -0.2) is 30.0 Å². The molecule has 2 aromatic rings. The molecule has 22 heavy (non-hydrogen) atoms. The number of piperidine rings is 1. The van der Waals surface area contributed by atoms with E-state index in [1.165, 1.54) is 0 Å². The molecular formula is C17H17N3OS. The van der Waals surface area contributed by atoms with Gasteiger partial charge in [-0.1, -0.05) is 24.1 Å². The average molecular weight is 311 g/mol. The van der Waals surface area contributed by atoms with Crippen LogP contribution in [0.1, 0.15) is 18.4 Å². The SMILES string of the molecule is O=C(C#Cc1ccccc1)NC1CCCN(c2nccs2)C1. The third-order valence-corrected chi connectivity index (χ3v) is 4.37. The summed E-state index contributed by atoms with van der Waals surface area (Å²) in [5.41, 5.74) is 0.853. The summed E-state index contributed by atoms with van der Waals surface area (Å²) in [4.78, 5) is 18.5. The van der Waals surface area contributed by atoms with Crippen molar-refractivity contribution >= 4 is 22.4 Å². The minimum Gasteiger partial charge on any atom is -0.346 e. The van der Waals surface area contributed by atoms with Crippen LogP contribution >= 0.6 is 11.3 Å². The van der Waals surface area contributed by atoms with E-state index < -0.39 is 0 Å². The van der Waals surface area contributed by atoms with Gasteiger partial charge >= 0.3 is 0 Å². The molecule has 5 heteroatoms. The van der Waals surface area contributed by atoms with Gasteiger partial charge in [-0.05, 0) is 25.0 Å². The van der Waals surface area contributed by atoms with Crippen molar-refractivity contribution in [3.63, 3.8) is 0 Å². The fourth-order valence-electron chi connectivity index (χ4n) is 2.51. The zero-order valence-electron chi connectivity index (χ0n) is 12.2. The molecule has 1 aliphatic heterocycles. The predicted octanol–water partition coefficient (Wildman–Crippen LogP) is 2.28. The Labute approximate surface area is 134 Å². The lowest BCUT2D eigenvalue weighted by molar-refractivity contribution is -0.116. The van der Waals surface area contributed by atoms with E-state index in [1.54, 1.807) is 11.3 Å². The van der Waals surface area contributed by atoms with Gasteiger partial charge in [-0.25, -0.2) is 4.98 Å². The Hall–Kier alpha value is -2.32. The monoisotopic (exact) mass is 311 g/mol. The summed E-state index contributed by atoms with van der Waals surface area (Å²) in [5.74, 6) is 5.34. The minimum atomic E-state index is -0.213. The lowest BCUT2D eigenvalue weighted by Crippen LogP contribution is -2.47. The molecule has 1 atom stereocenters. The summed E-state index contributed by atoms with van der Waals surface area (Å²) in [7, 11) is 0. The van der Waals surface area contributed by atoms with Crippen LogP contribution in [0.25, 0.3) is 0 Å². The Balaban J connectivity index is 1.56. The molecule has 1 amide bonds. The van der Waals surface area contributed by atoms with Gasteiger partial charge in [0.05, 0.1) is 0 Å². The molecule has 0 saturated carbocycles. The smallest absolute Gasteiger partial charge is 0.296 e. The van der Waals surface area contributed by atoms with E-state index in [0.717, 1.165) is 36.6 Å². The molecule has 0 spiro atoms. The van der Waals surface area contributed by atoms with Gasteiger partial charge in [-0.3, -0.25) is 4.79 Å². The van der Waals surface area contributed by atoms with Crippen molar-refractivity contribution in [3.05, 3.63) is 47.5 Å². The maximum atomic E-state index is 12.0. The van der Waals surface area contributed by atoms with Crippen LogP contribution < -0.4 is 10.2 Å². The molecule has 4 nitrogen and oxygen atoms in total. The number of rotatable bonds is 2. The van der Waals surface area contributed by atoms with Crippen molar-refractivity contribution in [3.8, 4) is 11.8 Å². The molecule has 0 radical (unpaired) electrons. The van der Waals surface area contributed by atoms with E-state index in [0.29, 0.717) is 0 Å². The van der Waals surface area contributed by atoms with E-state index in [2.05, 4.69) is 27.0 Å². The summed E-state index contributed by atoms with van der Waals surface area (Å²) in [6, 6.07) is 9.68. The van der Waals surface area contributed by atoms with Crippen LogP contribution in [0.5, 0.6) is 0 Å². The fourth-order valence-corrected chi connectivity index (χ4v) is 3.19. The van der Waals surface area contributed by atoms with Gasteiger partial charge in [0.1, 0.15) is 0 Å². The van der Waals surface area contributed by atoms with Crippen LogP contribution in [0.4, 0.5) is 5.13 Å². The van der Waals surface area contributed by atoms with Crippen molar-refractivity contribution in [1.29, 1.82) is 0 Å². The van der Waals surface area contributed by atoms with Crippen molar-refractivity contribution in [2.24, 2.45) is 0 Å². The summed E-state index contributed by atoms with van der Waals surface area (Å²) >= 11 is 1.63. The molecule has 0 bridgehead atoms. The molecule has 1 aliphatic rings. The fraction of sp³-hybridized carbons (Fsp3) is 0.294. The first-order valence-corrected chi connectivity index (χ1v) is 8.21. The molecule has 1 N–H and O–H groups in total. The lowest BCUT2D eigenvalue weighted by Gasteiger charge is -2.32. The first-order chi connectivity index (χ1) is 10.8. The number of hydrogen-bond acceptors (Lipinski definition) is 4. The highest BCUT2D eigenvalue weighted by atomic mass is 32.1. The second-order valence-electron chi connectivity index (χ2n) is 5.19. The maximum Gasteiger partial charge on any atom is 0.296 e. The third kappa shape index (κ3) is 3.86. The standard InChI is InChI=1S/C17H17N3OS/c21-16(9-8-14-5-2-1-3-6-14)19-15-7-4-11-20(13-15)17-18-10-12-22-17/h1-3,5-6,10,12,15H,4,7,11,13H2,(H,19,21). The number of nitrogens with one attached hydrogen (secondary N) is 1. The summed E-state index contributed by atoms with van der Waals surface area (Å²) in [6.07, 6.45) is 3.85. The molecule has 1 aromatic heterocycles. The van der Waals surface area contributed by atoms with Crippen LogP contribution in [0.15, 0.2) is 41.9 Å². The first kappa shape index (κ1) is 14.6. The van der Waals surface area contributed by atoms with Gasteiger partial charge in [-0.2, -0.15) is 0 Å². The van der Waals surface area contributed by atoms with E-state index >= 15 is 0 Å². The number of anilines is 1. The highest BCUT2D eigenvalue weighted by Gasteiger charge is 2.22.